The molecule has 3 nitrogen and oxygen atoms in total. The molecule has 3 heteroatoms. The number of nitrogens with one attached hydrogen (secondary N) is 1. The highest BCUT2D eigenvalue weighted by Gasteiger charge is 2.02. The predicted octanol–water partition coefficient (Wildman–Crippen LogP) is 2.95. The second-order valence-electron chi connectivity index (χ2n) is 4.50. The molecule has 92 valence electrons. The third-order valence-corrected chi connectivity index (χ3v) is 2.18. The average molecular weight is 225 g/mol. The van der Waals surface area contributed by atoms with Gasteiger partial charge in [0.1, 0.15) is 12.4 Å². The molecule has 0 saturated heterocycles. The largest absolute Gasteiger partial charge is 0.467 e. The summed E-state index contributed by atoms with van der Waals surface area (Å²) in [6.07, 6.45) is 2.85. The second kappa shape index (κ2) is 7.47. The van der Waals surface area contributed by atoms with Crippen LogP contribution < -0.4 is 5.32 Å². The Morgan fingerprint density at radius 1 is 1.44 bits per heavy atom. The van der Waals surface area contributed by atoms with Crippen LogP contribution in [0.3, 0.4) is 0 Å². The zero-order valence-corrected chi connectivity index (χ0v) is 10.6. The van der Waals surface area contributed by atoms with Crippen molar-refractivity contribution in [1.82, 2.24) is 5.32 Å². The molecule has 0 radical (unpaired) electrons. The molecule has 0 aromatic carbocycles. The minimum absolute atomic E-state index is 0.581. The normalized spacial score (nSPS) is 11.2. The summed E-state index contributed by atoms with van der Waals surface area (Å²) in [5, 5.41) is 3.38. The van der Waals surface area contributed by atoms with E-state index in [1.165, 1.54) is 5.56 Å². The highest BCUT2D eigenvalue weighted by molar-refractivity contribution is 5.11. The first-order valence-corrected chi connectivity index (χ1v) is 6.07. The molecular weight excluding hydrogens is 202 g/mol. The molecule has 0 spiro atoms. The number of ether oxygens (including phenoxy) is 1. The lowest BCUT2D eigenvalue weighted by molar-refractivity contribution is 0.107. The van der Waals surface area contributed by atoms with Crippen LogP contribution in [0.15, 0.2) is 16.7 Å². The molecule has 0 saturated carbocycles. The van der Waals surface area contributed by atoms with E-state index in [2.05, 4.69) is 32.2 Å². The summed E-state index contributed by atoms with van der Waals surface area (Å²) in [5.41, 5.74) is 1.19. The first-order chi connectivity index (χ1) is 7.72. The fraction of sp³-hybridized carbons (Fsp3) is 0.692. The second-order valence-corrected chi connectivity index (χ2v) is 4.50. The van der Waals surface area contributed by atoms with Gasteiger partial charge in [-0.05, 0) is 24.9 Å². The summed E-state index contributed by atoms with van der Waals surface area (Å²) in [6, 6.07) is 2.06. The minimum atomic E-state index is 0.581. The molecule has 16 heavy (non-hydrogen) atoms. The summed E-state index contributed by atoms with van der Waals surface area (Å²) in [7, 11) is 0. The van der Waals surface area contributed by atoms with Gasteiger partial charge < -0.3 is 14.5 Å². The Morgan fingerprint density at radius 2 is 2.25 bits per heavy atom. The van der Waals surface area contributed by atoms with E-state index in [1.54, 1.807) is 6.26 Å². The van der Waals surface area contributed by atoms with Crippen molar-refractivity contribution in [3.63, 3.8) is 0 Å². The van der Waals surface area contributed by atoms with Gasteiger partial charge in [0, 0.05) is 18.7 Å². The molecule has 1 aromatic heterocycles. The highest BCUT2D eigenvalue weighted by atomic mass is 16.5. The van der Waals surface area contributed by atoms with E-state index < -0.39 is 0 Å². The number of hydrogen-bond donors (Lipinski definition) is 1. The lowest BCUT2D eigenvalue weighted by Gasteiger charge is -2.04. The monoisotopic (exact) mass is 225 g/mol. The standard InChI is InChI=1S/C13H23NO2/c1-4-5-15-10-13-6-12(9-16-13)8-14-7-11(2)3/h6,9,11,14H,4-5,7-8,10H2,1-3H3. The van der Waals surface area contributed by atoms with Crippen molar-refractivity contribution in [1.29, 1.82) is 0 Å². The first-order valence-electron chi connectivity index (χ1n) is 6.07. The molecular formula is C13H23NO2. The molecule has 0 aliphatic heterocycles. The van der Waals surface area contributed by atoms with Crippen LogP contribution in [0, 0.1) is 5.92 Å². The van der Waals surface area contributed by atoms with Crippen LogP contribution in [0.1, 0.15) is 38.5 Å². The maximum atomic E-state index is 5.41. The van der Waals surface area contributed by atoms with Crippen LogP contribution in [0.2, 0.25) is 0 Å². The van der Waals surface area contributed by atoms with E-state index in [1.807, 2.05) is 0 Å². The summed E-state index contributed by atoms with van der Waals surface area (Å²) in [4.78, 5) is 0. The van der Waals surface area contributed by atoms with Gasteiger partial charge in [0.25, 0.3) is 0 Å². The highest BCUT2D eigenvalue weighted by Crippen LogP contribution is 2.09. The van der Waals surface area contributed by atoms with E-state index in [0.29, 0.717) is 12.5 Å². The van der Waals surface area contributed by atoms with E-state index in [0.717, 1.165) is 31.9 Å². The van der Waals surface area contributed by atoms with Crippen molar-refractivity contribution < 1.29 is 9.15 Å². The van der Waals surface area contributed by atoms with E-state index in [-0.39, 0.29) is 0 Å². The van der Waals surface area contributed by atoms with Crippen molar-refractivity contribution in [3.8, 4) is 0 Å². The van der Waals surface area contributed by atoms with Crippen molar-refractivity contribution in [2.45, 2.75) is 40.3 Å². The molecule has 0 aliphatic carbocycles. The lowest BCUT2D eigenvalue weighted by atomic mass is 10.2. The Morgan fingerprint density at radius 3 is 2.94 bits per heavy atom. The van der Waals surface area contributed by atoms with Crippen LogP contribution in [-0.2, 0) is 17.9 Å². The predicted molar refractivity (Wildman–Crippen MR) is 65.2 cm³/mol. The van der Waals surface area contributed by atoms with Crippen LogP contribution in [0.5, 0.6) is 0 Å². The van der Waals surface area contributed by atoms with E-state index >= 15 is 0 Å². The van der Waals surface area contributed by atoms with Crippen molar-refractivity contribution in [2.24, 2.45) is 5.92 Å². The van der Waals surface area contributed by atoms with Crippen molar-refractivity contribution in [2.75, 3.05) is 13.2 Å². The molecule has 0 amide bonds. The zero-order chi connectivity index (χ0) is 11.8. The van der Waals surface area contributed by atoms with Gasteiger partial charge in [-0.1, -0.05) is 20.8 Å². The van der Waals surface area contributed by atoms with Gasteiger partial charge in [0.15, 0.2) is 0 Å². The van der Waals surface area contributed by atoms with Crippen LogP contribution >= 0.6 is 0 Å². The molecule has 1 rings (SSSR count). The third kappa shape index (κ3) is 5.33. The zero-order valence-electron chi connectivity index (χ0n) is 10.6. The van der Waals surface area contributed by atoms with Gasteiger partial charge >= 0.3 is 0 Å². The van der Waals surface area contributed by atoms with Crippen molar-refractivity contribution >= 4 is 0 Å². The topological polar surface area (TPSA) is 34.4 Å². The minimum Gasteiger partial charge on any atom is -0.467 e. The van der Waals surface area contributed by atoms with Crippen LogP contribution in [-0.4, -0.2) is 13.2 Å². The number of furan rings is 1. The van der Waals surface area contributed by atoms with E-state index in [9.17, 15) is 0 Å². The lowest BCUT2D eigenvalue weighted by Crippen LogP contribution is -2.18. The summed E-state index contributed by atoms with van der Waals surface area (Å²) < 4.78 is 10.8. The van der Waals surface area contributed by atoms with Gasteiger partial charge in [-0.3, -0.25) is 0 Å². The quantitative estimate of drug-likeness (QED) is 0.691. The van der Waals surface area contributed by atoms with Crippen molar-refractivity contribution in [3.05, 3.63) is 23.7 Å². The van der Waals surface area contributed by atoms with Gasteiger partial charge in [0.05, 0.1) is 6.26 Å². The first kappa shape index (κ1) is 13.3. The number of rotatable bonds is 8. The average Bonchev–Trinajstić information content (AvgIpc) is 2.66. The smallest absolute Gasteiger partial charge is 0.129 e. The Kier molecular flexibility index (Phi) is 6.19. The SMILES string of the molecule is CCCOCc1cc(CNCC(C)C)co1. The van der Waals surface area contributed by atoms with Gasteiger partial charge in [-0.25, -0.2) is 0 Å². The van der Waals surface area contributed by atoms with Crippen LogP contribution in [0.25, 0.3) is 0 Å². The fourth-order valence-corrected chi connectivity index (χ4v) is 1.42. The van der Waals surface area contributed by atoms with Gasteiger partial charge in [0.2, 0.25) is 0 Å². The fourth-order valence-electron chi connectivity index (χ4n) is 1.42. The molecule has 1 aromatic rings. The molecule has 0 unspecified atom stereocenters. The Labute approximate surface area is 98.2 Å². The molecule has 1 N–H and O–H groups in total. The molecule has 0 aliphatic rings. The summed E-state index contributed by atoms with van der Waals surface area (Å²) in [5.74, 6) is 1.59. The Hall–Kier alpha value is -0.800. The Bertz CT molecular complexity index is 281. The van der Waals surface area contributed by atoms with Gasteiger partial charge in [-0.2, -0.15) is 0 Å². The molecule has 0 atom stereocenters. The maximum Gasteiger partial charge on any atom is 0.129 e. The van der Waals surface area contributed by atoms with Crippen LogP contribution in [0.4, 0.5) is 0 Å². The molecule has 0 fully saturated rings. The number of hydrogen-bond acceptors (Lipinski definition) is 3. The molecule has 1 heterocycles. The maximum absolute atomic E-state index is 5.41. The van der Waals surface area contributed by atoms with Gasteiger partial charge in [-0.15, -0.1) is 0 Å². The van der Waals surface area contributed by atoms with E-state index in [4.69, 9.17) is 9.15 Å². The summed E-state index contributed by atoms with van der Waals surface area (Å²) >= 11 is 0. The third-order valence-electron chi connectivity index (χ3n) is 2.18. The summed E-state index contributed by atoms with van der Waals surface area (Å²) in [6.45, 7) is 9.78. The molecule has 0 bridgehead atoms. The Balaban J connectivity index is 2.22.